The summed E-state index contributed by atoms with van der Waals surface area (Å²) in [5, 5.41) is 0.470. The number of anilines is 2. The van der Waals surface area contributed by atoms with Crippen molar-refractivity contribution in [2.75, 3.05) is 36.6 Å². The molecular formula is C22H25ClN3O2+. The van der Waals surface area contributed by atoms with Crippen LogP contribution in [0.5, 0.6) is 0 Å². The zero-order valence-electron chi connectivity index (χ0n) is 16.1. The van der Waals surface area contributed by atoms with Crippen molar-refractivity contribution in [2.24, 2.45) is 0 Å². The molecule has 4 rings (SSSR count). The molecule has 146 valence electrons. The third-order valence-corrected chi connectivity index (χ3v) is 5.78. The van der Waals surface area contributed by atoms with Crippen LogP contribution in [0.2, 0.25) is 5.02 Å². The Labute approximate surface area is 170 Å². The van der Waals surface area contributed by atoms with Gasteiger partial charge in [-0.2, -0.15) is 0 Å². The van der Waals surface area contributed by atoms with Gasteiger partial charge in [0.15, 0.2) is 6.67 Å². The van der Waals surface area contributed by atoms with Gasteiger partial charge in [-0.1, -0.05) is 29.8 Å². The van der Waals surface area contributed by atoms with Gasteiger partial charge in [-0.05, 0) is 43.5 Å². The first-order valence-electron chi connectivity index (χ1n) is 9.84. The molecule has 2 heterocycles. The number of nitrogens with one attached hydrogen (secondary N) is 1. The third-order valence-electron chi connectivity index (χ3n) is 5.54. The average molecular weight is 399 g/mol. The van der Waals surface area contributed by atoms with Crippen molar-refractivity contribution in [3.05, 3.63) is 58.6 Å². The number of Topliss-reactive ketones (excluding diaryl/α,β-unsaturated/α-hetero) is 1. The van der Waals surface area contributed by atoms with Gasteiger partial charge in [0.05, 0.1) is 18.3 Å². The fourth-order valence-corrected chi connectivity index (χ4v) is 4.36. The van der Waals surface area contributed by atoms with E-state index >= 15 is 0 Å². The fraction of sp³-hybridized carbons (Fsp3) is 0.364. The first-order chi connectivity index (χ1) is 13.5. The maximum absolute atomic E-state index is 12.5. The van der Waals surface area contributed by atoms with E-state index < -0.39 is 11.7 Å². The maximum Gasteiger partial charge on any atom is 0.303 e. The molecule has 1 amide bonds. The number of benzene rings is 2. The Bertz CT molecular complexity index is 908. The molecule has 2 aliphatic heterocycles. The molecule has 0 spiro atoms. The van der Waals surface area contributed by atoms with Crippen LogP contribution in [0.3, 0.4) is 0 Å². The van der Waals surface area contributed by atoms with Gasteiger partial charge in [0.25, 0.3) is 5.78 Å². The number of fused-ring (bicyclic) bond motifs is 1. The highest BCUT2D eigenvalue weighted by Gasteiger charge is 2.37. The van der Waals surface area contributed by atoms with Crippen LogP contribution < -0.4 is 14.7 Å². The van der Waals surface area contributed by atoms with Gasteiger partial charge in [-0.15, -0.1) is 0 Å². The summed E-state index contributed by atoms with van der Waals surface area (Å²) >= 11 is 6.00. The lowest BCUT2D eigenvalue weighted by molar-refractivity contribution is -0.892. The van der Waals surface area contributed by atoms with Gasteiger partial charge >= 0.3 is 5.91 Å². The Morgan fingerprint density at radius 2 is 1.75 bits per heavy atom. The molecule has 0 aliphatic carbocycles. The van der Waals surface area contributed by atoms with E-state index in [1.807, 2.05) is 0 Å². The van der Waals surface area contributed by atoms with E-state index in [0.29, 0.717) is 22.9 Å². The number of piperidine rings is 1. The van der Waals surface area contributed by atoms with E-state index in [9.17, 15) is 9.59 Å². The van der Waals surface area contributed by atoms with Gasteiger partial charge in [0.2, 0.25) is 0 Å². The summed E-state index contributed by atoms with van der Waals surface area (Å²) in [7, 11) is 2.05. The molecule has 2 aromatic rings. The second-order valence-corrected chi connectivity index (χ2v) is 8.13. The Balaban J connectivity index is 1.51. The van der Waals surface area contributed by atoms with Crippen molar-refractivity contribution < 1.29 is 14.5 Å². The number of para-hydroxylation sites is 1. The topological polar surface area (TPSA) is 45.1 Å². The molecule has 1 saturated heterocycles. The van der Waals surface area contributed by atoms with Crippen molar-refractivity contribution >= 4 is 34.7 Å². The molecule has 1 atom stereocenters. The van der Waals surface area contributed by atoms with Crippen molar-refractivity contribution in [1.29, 1.82) is 0 Å². The average Bonchev–Trinajstić information content (AvgIpc) is 2.93. The van der Waals surface area contributed by atoms with Crippen molar-refractivity contribution in [3.63, 3.8) is 0 Å². The number of quaternary nitrogens is 1. The van der Waals surface area contributed by atoms with Crippen LogP contribution in [0.15, 0.2) is 42.5 Å². The molecule has 0 aromatic heterocycles. The number of hydrogen-bond acceptors (Lipinski definition) is 3. The Kier molecular flexibility index (Phi) is 5.38. The molecule has 2 aromatic carbocycles. The lowest BCUT2D eigenvalue weighted by Gasteiger charge is -2.31. The van der Waals surface area contributed by atoms with E-state index in [4.69, 9.17) is 11.6 Å². The number of rotatable bonds is 5. The van der Waals surface area contributed by atoms with Crippen LogP contribution in [0.4, 0.5) is 11.4 Å². The number of nitrogens with zero attached hydrogens (tertiary/aromatic N) is 2. The normalized spacial score (nSPS) is 17.8. The predicted octanol–water partition coefficient (Wildman–Crippen LogP) is 2.53. The molecular weight excluding hydrogens is 374 g/mol. The number of amides is 1. The largest absolute Gasteiger partial charge is 0.371 e. The minimum atomic E-state index is -0.473. The molecule has 0 saturated carbocycles. The third kappa shape index (κ3) is 3.64. The highest BCUT2D eigenvalue weighted by Crippen LogP contribution is 2.30. The van der Waals surface area contributed by atoms with E-state index in [0.717, 1.165) is 24.5 Å². The van der Waals surface area contributed by atoms with Gasteiger partial charge < -0.3 is 9.80 Å². The summed E-state index contributed by atoms with van der Waals surface area (Å²) in [4.78, 5) is 30.0. The van der Waals surface area contributed by atoms with E-state index in [-0.39, 0.29) is 0 Å². The summed E-state index contributed by atoms with van der Waals surface area (Å²) in [6.45, 7) is 3.42. The van der Waals surface area contributed by atoms with Crippen LogP contribution >= 0.6 is 11.6 Å². The van der Waals surface area contributed by atoms with Gasteiger partial charge in [0, 0.05) is 29.4 Å². The summed E-state index contributed by atoms with van der Waals surface area (Å²) in [5.41, 5.74) is 3.62. The predicted molar refractivity (Wildman–Crippen MR) is 111 cm³/mol. The molecule has 0 bridgehead atoms. The second kappa shape index (κ2) is 7.94. The van der Waals surface area contributed by atoms with E-state index in [1.165, 1.54) is 30.5 Å². The minimum absolute atomic E-state index is 0.402. The van der Waals surface area contributed by atoms with Crippen LogP contribution in [0.1, 0.15) is 35.2 Å². The quantitative estimate of drug-likeness (QED) is 0.787. The van der Waals surface area contributed by atoms with Crippen LogP contribution in [0.25, 0.3) is 0 Å². The van der Waals surface area contributed by atoms with E-state index in [1.54, 1.807) is 23.1 Å². The molecule has 28 heavy (non-hydrogen) atoms. The standard InChI is InChI=1S/C22H24ClN3O2/c1-24(14-16-7-3-4-8-19(16)25-11-5-2-6-12-25)15-26-20-10-9-17(23)13-18(20)21(27)22(26)28/h3-4,7-10,13H,2,5-6,11-12,14-15H2,1H3/p+1. The fourth-order valence-electron chi connectivity index (χ4n) is 4.18. The SMILES string of the molecule is C[NH+](Cc1ccccc1N1CCCCC1)CN1C(=O)C(=O)c2cc(Cl)ccc21. The minimum Gasteiger partial charge on any atom is -0.371 e. The number of carbonyl (C=O) groups excluding carboxylic acids is 2. The lowest BCUT2D eigenvalue weighted by atomic mass is 10.1. The van der Waals surface area contributed by atoms with Crippen LogP contribution in [-0.4, -0.2) is 38.5 Å². The number of ketones is 1. The van der Waals surface area contributed by atoms with Crippen LogP contribution in [-0.2, 0) is 11.3 Å². The van der Waals surface area contributed by atoms with E-state index in [2.05, 4.69) is 36.2 Å². The monoisotopic (exact) mass is 398 g/mol. The lowest BCUT2D eigenvalue weighted by Crippen LogP contribution is -3.09. The molecule has 1 unspecified atom stereocenters. The van der Waals surface area contributed by atoms with Crippen LogP contribution in [0, 0.1) is 0 Å². The van der Waals surface area contributed by atoms with Crippen molar-refractivity contribution in [1.82, 2.24) is 0 Å². The summed E-state index contributed by atoms with van der Waals surface area (Å²) in [6.07, 6.45) is 3.78. The molecule has 1 N–H and O–H groups in total. The highest BCUT2D eigenvalue weighted by atomic mass is 35.5. The zero-order chi connectivity index (χ0) is 19.7. The Hall–Kier alpha value is -2.37. The Morgan fingerprint density at radius 3 is 2.54 bits per heavy atom. The number of carbonyl (C=O) groups is 2. The molecule has 0 radical (unpaired) electrons. The van der Waals surface area contributed by atoms with Gasteiger partial charge in [-0.3, -0.25) is 14.5 Å². The van der Waals surface area contributed by atoms with Crippen molar-refractivity contribution in [3.8, 4) is 0 Å². The first-order valence-corrected chi connectivity index (χ1v) is 10.2. The molecule has 2 aliphatic rings. The Morgan fingerprint density at radius 1 is 1.00 bits per heavy atom. The maximum atomic E-state index is 12.5. The molecule has 1 fully saturated rings. The summed E-state index contributed by atoms with van der Waals surface area (Å²) < 4.78 is 0. The summed E-state index contributed by atoms with van der Waals surface area (Å²) in [5.74, 6) is -0.944. The number of halogens is 1. The smallest absolute Gasteiger partial charge is 0.303 e. The number of hydrogen-bond donors (Lipinski definition) is 1. The zero-order valence-corrected chi connectivity index (χ0v) is 16.8. The summed E-state index contributed by atoms with van der Waals surface area (Å²) in [6, 6.07) is 13.6. The van der Waals surface area contributed by atoms with Gasteiger partial charge in [-0.25, -0.2) is 0 Å². The van der Waals surface area contributed by atoms with Gasteiger partial charge in [0.1, 0.15) is 6.54 Å². The second-order valence-electron chi connectivity index (χ2n) is 7.69. The van der Waals surface area contributed by atoms with Crippen molar-refractivity contribution in [2.45, 2.75) is 25.8 Å². The molecule has 5 nitrogen and oxygen atoms in total. The highest BCUT2D eigenvalue weighted by molar-refractivity contribution is 6.52. The molecule has 6 heteroatoms. The first kappa shape index (κ1) is 19.0.